The highest BCUT2D eigenvalue weighted by Crippen LogP contribution is 2.33. The Morgan fingerprint density at radius 2 is 2.05 bits per heavy atom. The number of hydrogen-bond acceptors (Lipinski definition) is 2. The Labute approximate surface area is 117 Å². The summed E-state index contributed by atoms with van der Waals surface area (Å²) < 4.78 is 0. The second kappa shape index (κ2) is 5.21. The van der Waals surface area contributed by atoms with Crippen LogP contribution in [0.1, 0.15) is 25.3 Å². The first kappa shape index (κ1) is 13.9. The van der Waals surface area contributed by atoms with Gasteiger partial charge in [0.25, 0.3) is 0 Å². The van der Waals surface area contributed by atoms with E-state index in [0.29, 0.717) is 11.4 Å². The third-order valence-corrected chi connectivity index (χ3v) is 3.80. The summed E-state index contributed by atoms with van der Waals surface area (Å²) in [6, 6.07) is 7.09. The van der Waals surface area contributed by atoms with Gasteiger partial charge in [-0.2, -0.15) is 0 Å². The van der Waals surface area contributed by atoms with Crippen molar-refractivity contribution < 1.29 is 14.7 Å². The summed E-state index contributed by atoms with van der Waals surface area (Å²) in [4.78, 5) is 24.3. The van der Waals surface area contributed by atoms with E-state index in [2.05, 4.69) is 0 Å². The van der Waals surface area contributed by atoms with Crippen molar-refractivity contribution in [2.75, 3.05) is 0 Å². The summed E-state index contributed by atoms with van der Waals surface area (Å²) in [5, 5.41) is 10.1. The van der Waals surface area contributed by atoms with E-state index in [9.17, 15) is 14.7 Å². The number of aliphatic carboxylic acids is 1. The molecule has 5 heteroatoms. The van der Waals surface area contributed by atoms with Crippen molar-refractivity contribution in [3.8, 4) is 0 Å². The molecule has 4 nitrogen and oxygen atoms in total. The maximum absolute atomic E-state index is 11.6. The zero-order chi connectivity index (χ0) is 14.0. The van der Waals surface area contributed by atoms with E-state index in [1.165, 1.54) is 4.90 Å². The van der Waals surface area contributed by atoms with E-state index in [1.54, 1.807) is 31.2 Å². The van der Waals surface area contributed by atoms with Crippen LogP contribution in [0.5, 0.6) is 0 Å². The van der Waals surface area contributed by atoms with Crippen molar-refractivity contribution in [1.29, 1.82) is 0 Å². The molecule has 0 aromatic heterocycles. The van der Waals surface area contributed by atoms with Crippen LogP contribution in [-0.2, 0) is 16.0 Å². The molecule has 1 fully saturated rings. The Balaban J connectivity index is 2.25. The maximum Gasteiger partial charge on any atom is 0.329 e. The van der Waals surface area contributed by atoms with Gasteiger partial charge in [-0.3, -0.25) is 4.79 Å². The molecule has 0 bridgehead atoms. The molecule has 19 heavy (non-hydrogen) atoms. The van der Waals surface area contributed by atoms with Crippen molar-refractivity contribution in [2.24, 2.45) is 0 Å². The lowest BCUT2D eigenvalue weighted by Gasteiger charge is -2.35. The van der Waals surface area contributed by atoms with Crippen LogP contribution in [0.25, 0.3) is 0 Å². The molecule has 1 aromatic rings. The average molecular weight is 282 g/mol. The molecule has 102 valence electrons. The molecule has 1 saturated carbocycles. The topological polar surface area (TPSA) is 57.6 Å². The second-order valence-corrected chi connectivity index (χ2v) is 5.56. The van der Waals surface area contributed by atoms with Gasteiger partial charge < -0.3 is 10.0 Å². The first-order valence-corrected chi connectivity index (χ1v) is 6.57. The summed E-state index contributed by atoms with van der Waals surface area (Å²) in [6.07, 6.45) is 2.68. The summed E-state index contributed by atoms with van der Waals surface area (Å²) >= 11 is 5.81. The molecular weight excluding hydrogens is 266 g/mol. The van der Waals surface area contributed by atoms with Crippen LogP contribution in [0.3, 0.4) is 0 Å². The van der Waals surface area contributed by atoms with E-state index >= 15 is 0 Å². The van der Waals surface area contributed by atoms with Gasteiger partial charge in [-0.05, 0) is 37.5 Å². The summed E-state index contributed by atoms with van der Waals surface area (Å²) in [5.74, 6) is -0.985. The summed E-state index contributed by atoms with van der Waals surface area (Å²) in [6.45, 7) is 1.59. The number of carboxylic acids is 1. The summed E-state index contributed by atoms with van der Waals surface area (Å²) in [5.41, 5.74) is -0.363. The van der Waals surface area contributed by atoms with Gasteiger partial charge in [0.15, 0.2) is 0 Å². The van der Waals surface area contributed by atoms with Crippen LogP contribution in [0, 0.1) is 0 Å². The van der Waals surface area contributed by atoms with Crippen molar-refractivity contribution >= 4 is 24.0 Å². The molecule has 1 unspecified atom stereocenters. The Morgan fingerprint density at radius 1 is 1.47 bits per heavy atom. The van der Waals surface area contributed by atoms with Gasteiger partial charge in [0.2, 0.25) is 6.41 Å². The normalized spacial score (nSPS) is 17.6. The molecule has 1 N–H and O–H groups in total. The van der Waals surface area contributed by atoms with Gasteiger partial charge in [0.05, 0.1) is 0 Å². The van der Waals surface area contributed by atoms with Crippen molar-refractivity contribution in [3.05, 3.63) is 34.9 Å². The van der Waals surface area contributed by atoms with Gasteiger partial charge >= 0.3 is 5.97 Å². The smallest absolute Gasteiger partial charge is 0.329 e. The molecule has 0 spiro atoms. The Morgan fingerprint density at radius 3 is 2.47 bits per heavy atom. The number of amides is 1. The molecule has 0 aliphatic heterocycles. The third kappa shape index (κ3) is 2.89. The average Bonchev–Trinajstić information content (AvgIpc) is 3.17. The van der Waals surface area contributed by atoms with Gasteiger partial charge in [-0.15, -0.1) is 0 Å². The second-order valence-electron chi connectivity index (χ2n) is 5.13. The highest BCUT2D eigenvalue weighted by Gasteiger charge is 2.45. The van der Waals surface area contributed by atoms with E-state index in [-0.39, 0.29) is 12.5 Å². The molecule has 1 aromatic carbocycles. The molecule has 0 saturated heterocycles. The molecule has 0 radical (unpaired) electrons. The lowest BCUT2D eigenvalue weighted by Crippen LogP contribution is -2.54. The number of carboxylic acid groups (broad SMARTS) is 1. The zero-order valence-electron chi connectivity index (χ0n) is 10.7. The lowest BCUT2D eigenvalue weighted by molar-refractivity contribution is -0.154. The van der Waals surface area contributed by atoms with Gasteiger partial charge in [-0.1, -0.05) is 23.7 Å². The molecule has 2 rings (SSSR count). The number of benzene rings is 1. The number of halogens is 1. The van der Waals surface area contributed by atoms with Crippen LogP contribution >= 0.6 is 11.6 Å². The minimum Gasteiger partial charge on any atom is -0.479 e. The number of rotatable bonds is 6. The van der Waals surface area contributed by atoms with Crippen molar-refractivity contribution in [1.82, 2.24) is 4.90 Å². The maximum atomic E-state index is 11.6. The van der Waals surface area contributed by atoms with Gasteiger partial charge in [-0.25, -0.2) is 4.79 Å². The van der Waals surface area contributed by atoms with Crippen LogP contribution < -0.4 is 0 Å². The molecule has 1 aliphatic carbocycles. The highest BCUT2D eigenvalue weighted by atomic mass is 35.5. The SMILES string of the molecule is CC(Cc1ccc(Cl)cc1)(C(=O)O)N(C=O)C1CC1. The van der Waals surface area contributed by atoms with Crippen LogP contribution in [0.4, 0.5) is 0 Å². The van der Waals surface area contributed by atoms with E-state index in [4.69, 9.17) is 11.6 Å². The number of nitrogens with zero attached hydrogens (tertiary/aromatic N) is 1. The first-order chi connectivity index (χ1) is 8.97. The van der Waals surface area contributed by atoms with Crippen molar-refractivity contribution in [2.45, 2.75) is 37.8 Å². The number of hydrogen-bond donors (Lipinski definition) is 1. The Bertz CT molecular complexity index is 484. The number of carbonyl (C=O) groups is 2. The Hall–Kier alpha value is -1.55. The quantitative estimate of drug-likeness (QED) is 0.814. The third-order valence-electron chi connectivity index (χ3n) is 3.55. The minimum absolute atomic E-state index is 0.0610. The molecule has 0 heterocycles. The molecule has 1 aliphatic rings. The van der Waals surface area contributed by atoms with Crippen LogP contribution in [-0.4, -0.2) is 34.0 Å². The fourth-order valence-corrected chi connectivity index (χ4v) is 2.36. The summed E-state index contributed by atoms with van der Waals surface area (Å²) in [7, 11) is 0. The van der Waals surface area contributed by atoms with Crippen LogP contribution in [0.15, 0.2) is 24.3 Å². The van der Waals surface area contributed by atoms with Crippen molar-refractivity contribution in [3.63, 3.8) is 0 Å². The first-order valence-electron chi connectivity index (χ1n) is 6.19. The Kier molecular flexibility index (Phi) is 3.80. The minimum atomic E-state index is -1.21. The largest absolute Gasteiger partial charge is 0.479 e. The lowest BCUT2D eigenvalue weighted by atomic mass is 9.91. The highest BCUT2D eigenvalue weighted by molar-refractivity contribution is 6.30. The fraction of sp³-hybridized carbons (Fsp3) is 0.429. The van der Waals surface area contributed by atoms with Gasteiger partial charge in [0, 0.05) is 17.5 Å². The predicted octanol–water partition coefficient (Wildman–Crippen LogP) is 2.35. The number of carbonyl (C=O) groups excluding carboxylic acids is 1. The monoisotopic (exact) mass is 281 g/mol. The standard InChI is InChI=1S/C14H16ClNO3/c1-14(13(18)19,16(9-17)12-6-7-12)8-10-2-4-11(15)5-3-10/h2-5,9,12H,6-8H2,1H3,(H,18,19). The predicted molar refractivity (Wildman–Crippen MR) is 72.1 cm³/mol. The molecule has 1 amide bonds. The fourth-order valence-electron chi connectivity index (χ4n) is 2.24. The van der Waals surface area contributed by atoms with E-state index in [1.807, 2.05) is 0 Å². The van der Waals surface area contributed by atoms with Gasteiger partial charge in [0.1, 0.15) is 5.54 Å². The van der Waals surface area contributed by atoms with E-state index in [0.717, 1.165) is 18.4 Å². The zero-order valence-corrected chi connectivity index (χ0v) is 11.4. The molecular formula is C14H16ClNO3. The van der Waals surface area contributed by atoms with Crippen LogP contribution in [0.2, 0.25) is 5.02 Å². The molecule has 1 atom stereocenters. The van der Waals surface area contributed by atoms with E-state index < -0.39 is 11.5 Å².